The van der Waals surface area contributed by atoms with E-state index in [-0.39, 0.29) is 40.5 Å². The van der Waals surface area contributed by atoms with E-state index in [1.165, 1.54) is 6.08 Å². The molecule has 4 aliphatic carbocycles. The number of carbonyl (C=O) groups is 2. The third-order valence-corrected chi connectivity index (χ3v) is 8.22. The number of hydrogen-bond acceptors (Lipinski definition) is 4. The van der Waals surface area contributed by atoms with Crippen LogP contribution in [0.4, 0.5) is 0 Å². The molecular formula is C21H28O4. The summed E-state index contributed by atoms with van der Waals surface area (Å²) in [7, 11) is 0. The maximum atomic E-state index is 12.9. The van der Waals surface area contributed by atoms with Crippen molar-refractivity contribution in [1.29, 1.82) is 0 Å². The second-order valence-corrected chi connectivity index (χ2v) is 9.15. The van der Waals surface area contributed by atoms with E-state index in [1.807, 2.05) is 6.92 Å². The first kappa shape index (κ1) is 17.0. The van der Waals surface area contributed by atoms with Crippen LogP contribution in [0, 0.1) is 34.5 Å². The maximum absolute atomic E-state index is 12.9. The predicted octanol–water partition coefficient (Wildman–Crippen LogP) is 3.36. The summed E-state index contributed by atoms with van der Waals surface area (Å²) in [5, 5.41) is 20.8. The summed E-state index contributed by atoms with van der Waals surface area (Å²) < 4.78 is 0. The predicted molar refractivity (Wildman–Crippen MR) is 93.7 cm³/mol. The Morgan fingerprint density at radius 1 is 1.16 bits per heavy atom. The highest BCUT2D eigenvalue weighted by molar-refractivity contribution is 5.99. The number of aliphatic hydroxyl groups is 2. The van der Waals surface area contributed by atoms with Gasteiger partial charge in [0.25, 0.3) is 0 Å². The minimum atomic E-state index is -0.619. The molecule has 0 amide bonds. The molecule has 0 bridgehead atoms. The Labute approximate surface area is 149 Å². The van der Waals surface area contributed by atoms with Crippen LogP contribution < -0.4 is 0 Å². The fraction of sp³-hybridized carbons (Fsp3) is 0.714. The molecule has 0 aromatic heterocycles. The van der Waals surface area contributed by atoms with E-state index in [9.17, 15) is 19.8 Å². The van der Waals surface area contributed by atoms with E-state index in [0.717, 1.165) is 31.3 Å². The zero-order valence-corrected chi connectivity index (χ0v) is 15.3. The number of hydrogen-bond donors (Lipinski definition) is 2. The van der Waals surface area contributed by atoms with Crippen molar-refractivity contribution in [3.8, 4) is 0 Å². The first-order valence-electron chi connectivity index (χ1n) is 9.54. The van der Waals surface area contributed by atoms with Crippen molar-refractivity contribution in [2.75, 3.05) is 0 Å². The summed E-state index contributed by atoms with van der Waals surface area (Å²) >= 11 is 0. The van der Waals surface area contributed by atoms with Gasteiger partial charge in [0.15, 0.2) is 5.78 Å². The third kappa shape index (κ3) is 2.09. The maximum Gasteiger partial charge on any atom is 0.169 e. The molecule has 2 unspecified atom stereocenters. The molecule has 136 valence electrons. The van der Waals surface area contributed by atoms with Crippen LogP contribution in [0.5, 0.6) is 0 Å². The number of aliphatic hydroxyl groups excluding tert-OH is 2. The number of rotatable bonds is 1. The largest absolute Gasteiger partial charge is 0.508 e. The van der Waals surface area contributed by atoms with Gasteiger partial charge < -0.3 is 10.2 Å². The highest BCUT2D eigenvalue weighted by Crippen LogP contribution is 2.66. The monoisotopic (exact) mass is 344 g/mol. The van der Waals surface area contributed by atoms with Gasteiger partial charge in [-0.05, 0) is 75.2 Å². The van der Waals surface area contributed by atoms with Gasteiger partial charge in [-0.2, -0.15) is 0 Å². The summed E-state index contributed by atoms with van der Waals surface area (Å²) in [5.74, 6) is 0.755. The van der Waals surface area contributed by atoms with E-state index < -0.39 is 11.5 Å². The quantitative estimate of drug-likeness (QED) is 0.765. The van der Waals surface area contributed by atoms with Crippen LogP contribution in [0.25, 0.3) is 0 Å². The second-order valence-electron chi connectivity index (χ2n) is 9.15. The molecule has 0 aromatic rings. The second kappa shape index (κ2) is 5.29. The van der Waals surface area contributed by atoms with Crippen LogP contribution in [0.3, 0.4) is 0 Å². The van der Waals surface area contributed by atoms with Crippen molar-refractivity contribution < 1.29 is 19.8 Å². The van der Waals surface area contributed by atoms with Gasteiger partial charge in [0, 0.05) is 12.0 Å². The summed E-state index contributed by atoms with van der Waals surface area (Å²) in [4.78, 5) is 25.0. The van der Waals surface area contributed by atoms with Crippen LogP contribution >= 0.6 is 0 Å². The highest BCUT2D eigenvalue weighted by Gasteiger charge is 2.63. The van der Waals surface area contributed by atoms with Gasteiger partial charge in [-0.25, -0.2) is 0 Å². The van der Waals surface area contributed by atoms with Crippen molar-refractivity contribution in [1.82, 2.24) is 0 Å². The Hall–Kier alpha value is -1.42. The molecule has 0 radical (unpaired) electrons. The fourth-order valence-corrected chi connectivity index (χ4v) is 6.94. The lowest BCUT2D eigenvalue weighted by Crippen LogP contribution is -2.57. The lowest BCUT2D eigenvalue weighted by molar-refractivity contribution is -0.144. The van der Waals surface area contributed by atoms with Crippen LogP contribution in [-0.2, 0) is 9.59 Å². The van der Waals surface area contributed by atoms with Crippen molar-refractivity contribution in [2.45, 2.75) is 59.0 Å². The van der Waals surface area contributed by atoms with Crippen molar-refractivity contribution in [3.63, 3.8) is 0 Å². The Balaban J connectivity index is 1.75. The van der Waals surface area contributed by atoms with Gasteiger partial charge >= 0.3 is 0 Å². The van der Waals surface area contributed by atoms with Gasteiger partial charge in [-0.15, -0.1) is 0 Å². The molecule has 7 atom stereocenters. The van der Waals surface area contributed by atoms with E-state index in [2.05, 4.69) is 6.92 Å². The molecule has 3 saturated carbocycles. The molecule has 0 saturated heterocycles. The van der Waals surface area contributed by atoms with Crippen LogP contribution in [0.1, 0.15) is 52.9 Å². The van der Waals surface area contributed by atoms with Crippen molar-refractivity contribution in [3.05, 3.63) is 23.5 Å². The topological polar surface area (TPSA) is 74.6 Å². The van der Waals surface area contributed by atoms with Gasteiger partial charge in [0.2, 0.25) is 0 Å². The minimum Gasteiger partial charge on any atom is -0.508 e. The van der Waals surface area contributed by atoms with Crippen molar-refractivity contribution >= 4 is 11.6 Å². The molecule has 3 fully saturated rings. The molecule has 0 aromatic carbocycles. The number of allylic oxidation sites excluding steroid dienone is 2. The molecule has 4 nitrogen and oxygen atoms in total. The van der Waals surface area contributed by atoms with Crippen LogP contribution in [-0.4, -0.2) is 27.9 Å². The summed E-state index contributed by atoms with van der Waals surface area (Å²) in [5.41, 5.74) is 0.198. The summed E-state index contributed by atoms with van der Waals surface area (Å²) in [6.45, 7) is 5.91. The van der Waals surface area contributed by atoms with Gasteiger partial charge in [0.1, 0.15) is 11.5 Å². The van der Waals surface area contributed by atoms with Gasteiger partial charge in [-0.1, -0.05) is 12.5 Å². The first-order chi connectivity index (χ1) is 11.7. The van der Waals surface area contributed by atoms with Crippen molar-refractivity contribution in [2.24, 2.45) is 34.5 Å². The SMILES string of the molecule is CC(=O)[C@H]1CCC2[C@H]3C(O)CC4=CC(O)=CC(=O)[C@]4(C)[C@@H]3CC[C@@]21C. The Kier molecular flexibility index (Phi) is 3.60. The number of carbonyl (C=O) groups excluding carboxylic acids is 2. The molecule has 4 rings (SSSR count). The number of fused-ring (bicyclic) bond motifs is 5. The van der Waals surface area contributed by atoms with E-state index in [1.54, 1.807) is 13.0 Å². The molecule has 0 heterocycles. The Morgan fingerprint density at radius 3 is 2.56 bits per heavy atom. The third-order valence-electron chi connectivity index (χ3n) is 8.22. The standard InChI is InChI=1S/C21H28O4/c1-11(22)14-4-5-15-19-16(6-7-20(14,15)2)21(3)12(9-17(19)24)8-13(23)10-18(21)25/h8,10,14-17,19,23-24H,4-7,9H2,1-3H3/t14-,15?,16-,17?,19-,20-,21+/m1/s1. The minimum absolute atomic E-state index is 0.00119. The van der Waals surface area contributed by atoms with E-state index in [0.29, 0.717) is 12.3 Å². The zero-order valence-electron chi connectivity index (χ0n) is 15.3. The van der Waals surface area contributed by atoms with E-state index in [4.69, 9.17) is 0 Å². The molecule has 0 aliphatic heterocycles. The van der Waals surface area contributed by atoms with E-state index >= 15 is 0 Å². The first-order valence-corrected chi connectivity index (χ1v) is 9.54. The molecule has 2 N–H and O–H groups in total. The highest BCUT2D eigenvalue weighted by atomic mass is 16.3. The van der Waals surface area contributed by atoms with Crippen LogP contribution in [0.2, 0.25) is 0 Å². The molecule has 4 heteroatoms. The number of Topliss-reactive ketones (excluding diaryl/α,β-unsaturated/α-hetero) is 1. The molecule has 4 aliphatic rings. The summed E-state index contributed by atoms with van der Waals surface area (Å²) in [6, 6.07) is 0. The lowest BCUT2D eigenvalue weighted by atomic mass is 9.46. The molecular weight excluding hydrogens is 316 g/mol. The zero-order chi connectivity index (χ0) is 18.1. The average molecular weight is 344 g/mol. The lowest BCUT2D eigenvalue weighted by Gasteiger charge is -2.58. The smallest absolute Gasteiger partial charge is 0.169 e. The average Bonchev–Trinajstić information content (AvgIpc) is 2.87. The Bertz CT molecular complexity index is 705. The fourth-order valence-electron chi connectivity index (χ4n) is 6.94. The molecule has 25 heavy (non-hydrogen) atoms. The summed E-state index contributed by atoms with van der Waals surface area (Å²) in [6.07, 6.45) is 6.62. The normalized spacial score (nSPS) is 48.8. The molecule has 0 spiro atoms. The van der Waals surface area contributed by atoms with Gasteiger partial charge in [0.05, 0.1) is 11.5 Å². The van der Waals surface area contributed by atoms with Gasteiger partial charge in [-0.3, -0.25) is 9.59 Å². The van der Waals surface area contributed by atoms with Crippen LogP contribution in [0.15, 0.2) is 23.5 Å². The number of ketones is 2. The Morgan fingerprint density at radius 2 is 1.88 bits per heavy atom.